The van der Waals surface area contributed by atoms with Gasteiger partial charge in [0.15, 0.2) is 0 Å². The van der Waals surface area contributed by atoms with Crippen LogP contribution in [0.25, 0.3) is 0 Å². The molecule has 2 aromatic carbocycles. The van der Waals surface area contributed by atoms with Crippen molar-refractivity contribution in [2.75, 3.05) is 44.7 Å². The van der Waals surface area contributed by atoms with E-state index in [1.54, 1.807) is 18.2 Å². The molecule has 0 aliphatic carbocycles. The normalized spacial score (nSPS) is 17.6. The van der Waals surface area contributed by atoms with Crippen LogP contribution in [0.2, 0.25) is 5.02 Å². The van der Waals surface area contributed by atoms with Gasteiger partial charge in [0.05, 0.1) is 11.1 Å². The van der Waals surface area contributed by atoms with Crippen LogP contribution in [0.5, 0.6) is 0 Å². The third-order valence-corrected chi connectivity index (χ3v) is 5.61. The lowest BCUT2D eigenvalue weighted by molar-refractivity contribution is 0.0656. The van der Waals surface area contributed by atoms with E-state index in [0.29, 0.717) is 29.1 Å². The molecule has 6 heteroatoms. The number of imide groups is 1. The molecule has 1 saturated heterocycles. The molecule has 0 aromatic heterocycles. The number of benzene rings is 2. The lowest BCUT2D eigenvalue weighted by Crippen LogP contribution is -2.44. The molecular weight excluding hydrogens is 362 g/mol. The molecule has 0 atom stereocenters. The number of likely N-dealkylation sites (N-methyl/N-ethyl adjacent to an activating group) is 1. The fourth-order valence-corrected chi connectivity index (χ4v) is 3.95. The van der Waals surface area contributed by atoms with Gasteiger partial charge in [-0.2, -0.15) is 0 Å². The average molecular weight is 384 g/mol. The van der Waals surface area contributed by atoms with E-state index in [0.717, 1.165) is 31.7 Å². The molecule has 27 heavy (non-hydrogen) atoms. The van der Waals surface area contributed by atoms with Gasteiger partial charge in [-0.15, -0.1) is 0 Å². The van der Waals surface area contributed by atoms with Crippen LogP contribution >= 0.6 is 11.6 Å². The molecule has 0 bridgehead atoms. The van der Waals surface area contributed by atoms with E-state index in [1.807, 2.05) is 12.1 Å². The number of carbonyl (C=O) groups excluding carboxylic acids is 2. The Balaban J connectivity index is 1.50. The standard InChI is InChI=1S/C21H22ClN3O2/c1-23-10-12-24(13-11-23)19-5-3-2-4-15(19)8-9-25-20(26)17-7-6-16(22)14-18(17)21(25)27/h2-7,14H,8-13H2,1H3. The van der Waals surface area contributed by atoms with Crippen molar-refractivity contribution < 1.29 is 9.59 Å². The van der Waals surface area contributed by atoms with Gasteiger partial charge in [0.25, 0.3) is 11.8 Å². The molecule has 0 N–H and O–H groups in total. The minimum absolute atomic E-state index is 0.233. The summed E-state index contributed by atoms with van der Waals surface area (Å²) in [6.07, 6.45) is 0.641. The summed E-state index contributed by atoms with van der Waals surface area (Å²) in [6, 6.07) is 13.1. The molecule has 0 saturated carbocycles. The highest BCUT2D eigenvalue weighted by atomic mass is 35.5. The predicted molar refractivity (Wildman–Crippen MR) is 107 cm³/mol. The van der Waals surface area contributed by atoms with Crippen LogP contribution in [0.3, 0.4) is 0 Å². The lowest BCUT2D eigenvalue weighted by atomic mass is 10.1. The van der Waals surface area contributed by atoms with Gasteiger partial charge < -0.3 is 9.80 Å². The summed E-state index contributed by atoms with van der Waals surface area (Å²) in [5.41, 5.74) is 3.21. The summed E-state index contributed by atoms with van der Waals surface area (Å²) >= 11 is 5.98. The zero-order valence-electron chi connectivity index (χ0n) is 15.3. The van der Waals surface area contributed by atoms with Gasteiger partial charge in [-0.3, -0.25) is 14.5 Å². The fraction of sp³-hybridized carbons (Fsp3) is 0.333. The number of amides is 2. The van der Waals surface area contributed by atoms with Gasteiger partial charge in [-0.25, -0.2) is 0 Å². The van der Waals surface area contributed by atoms with E-state index < -0.39 is 0 Å². The van der Waals surface area contributed by atoms with E-state index in [4.69, 9.17) is 11.6 Å². The molecular formula is C21H22ClN3O2. The number of piperazine rings is 1. The summed E-state index contributed by atoms with van der Waals surface area (Å²) in [5, 5.41) is 0.470. The number of anilines is 1. The molecule has 5 nitrogen and oxygen atoms in total. The minimum Gasteiger partial charge on any atom is -0.369 e. The first-order chi connectivity index (χ1) is 13.0. The Morgan fingerprint density at radius 2 is 1.63 bits per heavy atom. The molecule has 140 valence electrons. The maximum atomic E-state index is 12.6. The van der Waals surface area contributed by atoms with E-state index in [-0.39, 0.29) is 11.8 Å². The second kappa shape index (κ2) is 7.33. The first-order valence-corrected chi connectivity index (χ1v) is 9.59. The number of rotatable bonds is 4. The summed E-state index contributed by atoms with van der Waals surface area (Å²) < 4.78 is 0. The van der Waals surface area contributed by atoms with Crippen LogP contribution in [0.4, 0.5) is 5.69 Å². The van der Waals surface area contributed by atoms with Gasteiger partial charge in [0.2, 0.25) is 0 Å². The van der Waals surface area contributed by atoms with E-state index >= 15 is 0 Å². The first kappa shape index (κ1) is 18.0. The van der Waals surface area contributed by atoms with Crippen molar-refractivity contribution in [3.63, 3.8) is 0 Å². The molecule has 0 spiro atoms. The molecule has 1 fully saturated rings. The molecule has 2 aliphatic rings. The highest BCUT2D eigenvalue weighted by Crippen LogP contribution is 2.27. The van der Waals surface area contributed by atoms with E-state index in [9.17, 15) is 9.59 Å². The van der Waals surface area contributed by atoms with Crippen molar-refractivity contribution in [3.05, 3.63) is 64.2 Å². The highest BCUT2D eigenvalue weighted by molar-refractivity contribution is 6.32. The number of halogens is 1. The fourth-order valence-electron chi connectivity index (χ4n) is 3.78. The highest BCUT2D eigenvalue weighted by Gasteiger charge is 2.35. The quantitative estimate of drug-likeness (QED) is 0.761. The van der Waals surface area contributed by atoms with Crippen LogP contribution in [0.1, 0.15) is 26.3 Å². The molecule has 2 amide bonds. The second-order valence-corrected chi connectivity index (χ2v) is 7.56. The van der Waals surface area contributed by atoms with E-state index in [1.165, 1.54) is 10.6 Å². The average Bonchev–Trinajstić information content (AvgIpc) is 2.91. The van der Waals surface area contributed by atoms with Crippen LogP contribution in [0.15, 0.2) is 42.5 Å². The molecule has 2 aliphatic heterocycles. The third-order valence-electron chi connectivity index (χ3n) is 5.37. The van der Waals surface area contributed by atoms with E-state index in [2.05, 4.69) is 29.0 Å². The Hall–Kier alpha value is -2.37. The Morgan fingerprint density at radius 3 is 2.41 bits per heavy atom. The van der Waals surface area contributed by atoms with Crippen LogP contribution in [0, 0.1) is 0 Å². The van der Waals surface area contributed by atoms with Crippen LogP contribution in [-0.2, 0) is 6.42 Å². The molecule has 0 unspecified atom stereocenters. The summed E-state index contributed by atoms with van der Waals surface area (Å²) in [4.78, 5) is 31.3. The Morgan fingerprint density at radius 1 is 0.926 bits per heavy atom. The molecule has 4 rings (SSSR count). The lowest BCUT2D eigenvalue weighted by Gasteiger charge is -2.35. The zero-order valence-corrected chi connectivity index (χ0v) is 16.1. The predicted octanol–water partition coefficient (Wildman–Crippen LogP) is 2.93. The maximum absolute atomic E-state index is 12.6. The number of hydrogen-bond donors (Lipinski definition) is 0. The molecule has 2 heterocycles. The smallest absolute Gasteiger partial charge is 0.261 e. The van der Waals surface area contributed by atoms with Crippen molar-refractivity contribution in [2.45, 2.75) is 6.42 Å². The summed E-state index contributed by atoms with van der Waals surface area (Å²) in [5.74, 6) is -0.488. The molecule has 2 aromatic rings. The van der Waals surface area contributed by atoms with Gasteiger partial charge >= 0.3 is 0 Å². The first-order valence-electron chi connectivity index (χ1n) is 9.22. The van der Waals surface area contributed by atoms with Gasteiger partial charge in [0.1, 0.15) is 0 Å². The Bertz CT molecular complexity index is 891. The Kier molecular flexibility index (Phi) is 4.89. The topological polar surface area (TPSA) is 43.9 Å². The van der Waals surface area contributed by atoms with Crippen molar-refractivity contribution in [1.29, 1.82) is 0 Å². The number of para-hydroxylation sites is 1. The van der Waals surface area contributed by atoms with Crippen molar-refractivity contribution in [2.24, 2.45) is 0 Å². The Labute approximate surface area is 164 Å². The maximum Gasteiger partial charge on any atom is 0.261 e. The minimum atomic E-state index is -0.255. The van der Waals surface area contributed by atoms with Crippen LogP contribution < -0.4 is 4.90 Å². The second-order valence-electron chi connectivity index (χ2n) is 7.12. The number of nitrogens with zero attached hydrogens (tertiary/aromatic N) is 3. The largest absolute Gasteiger partial charge is 0.369 e. The summed E-state index contributed by atoms with van der Waals surface area (Å²) in [6.45, 7) is 4.41. The van der Waals surface area contributed by atoms with Crippen molar-refractivity contribution >= 4 is 29.1 Å². The zero-order chi connectivity index (χ0) is 19.0. The van der Waals surface area contributed by atoms with Gasteiger partial charge in [-0.1, -0.05) is 29.8 Å². The van der Waals surface area contributed by atoms with Crippen molar-refractivity contribution in [1.82, 2.24) is 9.80 Å². The number of hydrogen-bond acceptors (Lipinski definition) is 4. The SMILES string of the molecule is CN1CCN(c2ccccc2CCN2C(=O)c3ccc(Cl)cc3C2=O)CC1. The molecule has 0 radical (unpaired) electrons. The third kappa shape index (κ3) is 3.45. The van der Waals surface area contributed by atoms with Crippen molar-refractivity contribution in [3.8, 4) is 0 Å². The number of carbonyl (C=O) groups is 2. The summed E-state index contributed by atoms with van der Waals surface area (Å²) in [7, 11) is 2.14. The van der Waals surface area contributed by atoms with Crippen LogP contribution in [-0.4, -0.2) is 61.4 Å². The van der Waals surface area contributed by atoms with Gasteiger partial charge in [0, 0.05) is 43.4 Å². The monoisotopic (exact) mass is 383 g/mol. The number of fused-ring (bicyclic) bond motifs is 1. The van der Waals surface area contributed by atoms with Gasteiger partial charge in [-0.05, 0) is 43.3 Å².